The summed E-state index contributed by atoms with van der Waals surface area (Å²) in [5.74, 6) is -0.558. The standard InChI is InChI=1S/C13H14O3S/c1-13(2,12(15)16)7-8-6-9-10(14)4-3-5-11(9)17-8/h3-6,14H,7H2,1-2H3,(H,15,16). The summed E-state index contributed by atoms with van der Waals surface area (Å²) >= 11 is 1.53. The fourth-order valence-electron chi connectivity index (χ4n) is 1.70. The Labute approximate surface area is 103 Å². The molecule has 2 aromatic rings. The molecule has 0 spiro atoms. The second-order valence-corrected chi connectivity index (χ2v) is 5.94. The van der Waals surface area contributed by atoms with Crippen LogP contribution in [0.5, 0.6) is 5.75 Å². The first-order chi connectivity index (χ1) is 7.90. The summed E-state index contributed by atoms with van der Waals surface area (Å²) < 4.78 is 0.987. The van der Waals surface area contributed by atoms with Crippen LogP contribution in [-0.4, -0.2) is 16.2 Å². The number of hydrogen-bond donors (Lipinski definition) is 2. The molecule has 0 unspecified atom stereocenters. The molecule has 90 valence electrons. The van der Waals surface area contributed by atoms with Gasteiger partial charge in [-0.15, -0.1) is 11.3 Å². The molecule has 0 bridgehead atoms. The van der Waals surface area contributed by atoms with E-state index in [-0.39, 0.29) is 5.75 Å². The van der Waals surface area contributed by atoms with E-state index < -0.39 is 11.4 Å². The maximum Gasteiger partial charge on any atom is 0.309 e. The lowest BCUT2D eigenvalue weighted by Gasteiger charge is -2.17. The molecular formula is C13H14O3S. The fraction of sp³-hybridized carbons (Fsp3) is 0.308. The average Bonchev–Trinajstić information content (AvgIpc) is 2.60. The van der Waals surface area contributed by atoms with Crippen LogP contribution in [0.4, 0.5) is 0 Å². The quantitative estimate of drug-likeness (QED) is 0.879. The van der Waals surface area contributed by atoms with Gasteiger partial charge in [-0.3, -0.25) is 4.79 Å². The Hall–Kier alpha value is -1.55. The maximum absolute atomic E-state index is 11.1. The number of carboxylic acid groups (broad SMARTS) is 1. The van der Waals surface area contributed by atoms with Crippen molar-refractivity contribution in [1.29, 1.82) is 0 Å². The minimum atomic E-state index is -0.806. The molecule has 2 rings (SSSR count). The predicted octanol–water partition coefficient (Wildman–Crippen LogP) is 3.26. The minimum Gasteiger partial charge on any atom is -0.507 e. The van der Waals surface area contributed by atoms with Gasteiger partial charge in [-0.1, -0.05) is 6.07 Å². The smallest absolute Gasteiger partial charge is 0.309 e. The molecule has 1 heterocycles. The second kappa shape index (κ2) is 4.04. The van der Waals surface area contributed by atoms with E-state index in [0.717, 1.165) is 15.0 Å². The van der Waals surface area contributed by atoms with Crippen LogP contribution in [0, 0.1) is 5.41 Å². The van der Waals surface area contributed by atoms with Crippen molar-refractivity contribution in [3.63, 3.8) is 0 Å². The Balaban J connectivity index is 2.38. The monoisotopic (exact) mass is 250 g/mol. The van der Waals surface area contributed by atoms with Crippen molar-refractivity contribution in [2.75, 3.05) is 0 Å². The normalized spacial score (nSPS) is 11.9. The summed E-state index contributed by atoms with van der Waals surface area (Å²) in [6, 6.07) is 7.23. The lowest BCUT2D eigenvalue weighted by Crippen LogP contribution is -2.25. The number of rotatable bonds is 3. The lowest BCUT2D eigenvalue weighted by atomic mass is 9.89. The van der Waals surface area contributed by atoms with Gasteiger partial charge in [0.05, 0.1) is 5.41 Å². The number of aliphatic carboxylic acids is 1. The number of hydrogen-bond acceptors (Lipinski definition) is 3. The first kappa shape index (κ1) is 11.9. The maximum atomic E-state index is 11.1. The van der Waals surface area contributed by atoms with Gasteiger partial charge in [0, 0.05) is 15.0 Å². The van der Waals surface area contributed by atoms with Crippen molar-refractivity contribution < 1.29 is 15.0 Å². The van der Waals surface area contributed by atoms with Crippen LogP contribution in [0.3, 0.4) is 0 Å². The van der Waals surface area contributed by atoms with E-state index in [1.165, 1.54) is 11.3 Å². The van der Waals surface area contributed by atoms with Gasteiger partial charge in [-0.25, -0.2) is 0 Å². The Morgan fingerprint density at radius 1 is 1.41 bits per heavy atom. The van der Waals surface area contributed by atoms with E-state index in [2.05, 4.69) is 0 Å². The summed E-state index contributed by atoms with van der Waals surface area (Å²) in [6.07, 6.45) is 0.473. The van der Waals surface area contributed by atoms with Crippen LogP contribution >= 0.6 is 11.3 Å². The highest BCUT2D eigenvalue weighted by molar-refractivity contribution is 7.19. The molecule has 0 saturated heterocycles. The van der Waals surface area contributed by atoms with Crippen molar-refractivity contribution in [2.24, 2.45) is 5.41 Å². The molecule has 0 atom stereocenters. The number of carbonyl (C=O) groups is 1. The number of carboxylic acids is 1. The Bertz CT molecular complexity index is 569. The van der Waals surface area contributed by atoms with Gasteiger partial charge in [0.1, 0.15) is 5.75 Å². The average molecular weight is 250 g/mol. The van der Waals surface area contributed by atoms with E-state index in [1.807, 2.05) is 12.1 Å². The molecule has 0 amide bonds. The number of aromatic hydroxyl groups is 1. The Morgan fingerprint density at radius 3 is 2.71 bits per heavy atom. The van der Waals surface area contributed by atoms with Crippen LogP contribution < -0.4 is 0 Å². The Kier molecular flexibility index (Phi) is 2.83. The molecule has 1 aromatic carbocycles. The van der Waals surface area contributed by atoms with Crippen LogP contribution in [-0.2, 0) is 11.2 Å². The summed E-state index contributed by atoms with van der Waals surface area (Å²) in [4.78, 5) is 12.0. The Morgan fingerprint density at radius 2 is 2.12 bits per heavy atom. The van der Waals surface area contributed by atoms with Gasteiger partial charge < -0.3 is 10.2 Å². The topological polar surface area (TPSA) is 57.5 Å². The van der Waals surface area contributed by atoms with E-state index in [4.69, 9.17) is 5.11 Å². The van der Waals surface area contributed by atoms with Crippen LogP contribution in [0.2, 0.25) is 0 Å². The first-order valence-electron chi connectivity index (χ1n) is 5.34. The van der Waals surface area contributed by atoms with Crippen molar-refractivity contribution in [2.45, 2.75) is 20.3 Å². The van der Waals surface area contributed by atoms with Crippen molar-refractivity contribution >= 4 is 27.4 Å². The third-order valence-electron chi connectivity index (χ3n) is 2.78. The van der Waals surface area contributed by atoms with Gasteiger partial charge in [0.25, 0.3) is 0 Å². The van der Waals surface area contributed by atoms with Crippen LogP contribution in [0.25, 0.3) is 10.1 Å². The molecule has 0 aliphatic rings. The number of benzene rings is 1. The molecule has 0 aliphatic heterocycles. The zero-order chi connectivity index (χ0) is 12.6. The highest BCUT2D eigenvalue weighted by atomic mass is 32.1. The number of phenols is 1. The molecule has 0 radical (unpaired) electrons. The zero-order valence-corrected chi connectivity index (χ0v) is 10.5. The predicted molar refractivity (Wildman–Crippen MR) is 68.6 cm³/mol. The summed E-state index contributed by atoms with van der Waals surface area (Å²) in [6.45, 7) is 3.42. The molecule has 4 heteroatoms. The summed E-state index contributed by atoms with van der Waals surface area (Å²) in [5, 5.41) is 19.6. The van der Waals surface area contributed by atoms with Gasteiger partial charge >= 0.3 is 5.97 Å². The number of phenolic OH excluding ortho intramolecular Hbond substituents is 1. The molecule has 0 fully saturated rings. The minimum absolute atomic E-state index is 0.248. The van der Waals surface area contributed by atoms with Crippen LogP contribution in [0.15, 0.2) is 24.3 Å². The highest BCUT2D eigenvalue weighted by Crippen LogP contribution is 2.35. The molecule has 3 nitrogen and oxygen atoms in total. The first-order valence-corrected chi connectivity index (χ1v) is 6.15. The lowest BCUT2D eigenvalue weighted by molar-refractivity contribution is -0.146. The third-order valence-corrected chi connectivity index (χ3v) is 3.88. The van der Waals surface area contributed by atoms with Gasteiger partial charge in [0.15, 0.2) is 0 Å². The molecule has 2 N–H and O–H groups in total. The molecule has 0 saturated carbocycles. The number of thiophene rings is 1. The van der Waals surface area contributed by atoms with Crippen molar-refractivity contribution in [3.8, 4) is 5.75 Å². The number of fused-ring (bicyclic) bond motifs is 1. The SMILES string of the molecule is CC(C)(Cc1cc2c(O)cccc2s1)C(=O)O. The highest BCUT2D eigenvalue weighted by Gasteiger charge is 2.28. The largest absolute Gasteiger partial charge is 0.507 e. The van der Waals surface area contributed by atoms with E-state index >= 15 is 0 Å². The van der Waals surface area contributed by atoms with E-state index in [9.17, 15) is 9.90 Å². The molecule has 1 aromatic heterocycles. The summed E-state index contributed by atoms with van der Waals surface area (Å²) in [7, 11) is 0. The van der Waals surface area contributed by atoms with Crippen molar-refractivity contribution in [3.05, 3.63) is 29.1 Å². The fourth-order valence-corrected chi connectivity index (χ4v) is 3.01. The molecule has 0 aliphatic carbocycles. The van der Waals surface area contributed by atoms with E-state index in [1.54, 1.807) is 26.0 Å². The van der Waals surface area contributed by atoms with Gasteiger partial charge in [-0.2, -0.15) is 0 Å². The molecule has 17 heavy (non-hydrogen) atoms. The third kappa shape index (κ3) is 2.26. The van der Waals surface area contributed by atoms with Gasteiger partial charge in [-0.05, 0) is 38.5 Å². The zero-order valence-electron chi connectivity index (χ0n) is 9.73. The van der Waals surface area contributed by atoms with E-state index in [0.29, 0.717) is 6.42 Å². The van der Waals surface area contributed by atoms with Gasteiger partial charge in [0.2, 0.25) is 0 Å². The molecular weight excluding hydrogens is 236 g/mol. The van der Waals surface area contributed by atoms with Crippen LogP contribution in [0.1, 0.15) is 18.7 Å². The van der Waals surface area contributed by atoms with Crippen molar-refractivity contribution in [1.82, 2.24) is 0 Å². The summed E-state index contributed by atoms with van der Waals surface area (Å²) in [5.41, 5.74) is -0.781. The second-order valence-electron chi connectivity index (χ2n) is 4.77.